The van der Waals surface area contributed by atoms with Crippen LogP contribution in [-0.2, 0) is 11.3 Å². The summed E-state index contributed by atoms with van der Waals surface area (Å²) in [5.41, 5.74) is 1.88. The Morgan fingerprint density at radius 1 is 1.41 bits per heavy atom. The number of aryl methyl sites for hydroxylation is 1. The Labute approximate surface area is 97.6 Å². The quantitative estimate of drug-likeness (QED) is 0.815. The molecule has 17 heavy (non-hydrogen) atoms. The van der Waals surface area contributed by atoms with Crippen LogP contribution < -0.4 is 0 Å². The van der Waals surface area contributed by atoms with Crippen LogP contribution in [0.15, 0.2) is 18.2 Å². The monoisotopic (exact) mass is 243 g/mol. The fourth-order valence-corrected chi connectivity index (χ4v) is 1.24. The molecule has 0 bridgehead atoms. The highest BCUT2D eigenvalue weighted by Gasteiger charge is 2.36. The van der Waals surface area contributed by atoms with Gasteiger partial charge in [-0.15, -0.1) is 0 Å². The van der Waals surface area contributed by atoms with Crippen molar-refractivity contribution in [3.63, 3.8) is 0 Å². The zero-order valence-corrected chi connectivity index (χ0v) is 9.51. The van der Waals surface area contributed by atoms with E-state index >= 15 is 0 Å². The first-order valence-corrected chi connectivity index (χ1v) is 5.02. The van der Waals surface area contributed by atoms with E-state index in [9.17, 15) is 13.2 Å². The Morgan fingerprint density at radius 2 is 2.06 bits per heavy atom. The SMILES string of the molecule is Cc1cc(C#N)ccc1COC(C)C(F)(F)F. The molecule has 0 aromatic heterocycles. The van der Waals surface area contributed by atoms with Gasteiger partial charge in [0.25, 0.3) is 0 Å². The van der Waals surface area contributed by atoms with Gasteiger partial charge < -0.3 is 4.74 Å². The Balaban J connectivity index is 2.68. The first-order valence-electron chi connectivity index (χ1n) is 5.02. The molecule has 0 heterocycles. The summed E-state index contributed by atoms with van der Waals surface area (Å²) in [5.74, 6) is 0. The van der Waals surface area contributed by atoms with Gasteiger partial charge in [-0.25, -0.2) is 0 Å². The second-order valence-corrected chi connectivity index (χ2v) is 3.75. The van der Waals surface area contributed by atoms with Crippen molar-refractivity contribution in [2.75, 3.05) is 0 Å². The summed E-state index contributed by atoms with van der Waals surface area (Å²) in [7, 11) is 0. The standard InChI is InChI=1S/C12H12F3NO/c1-8-5-10(6-16)3-4-11(8)7-17-9(2)12(13,14)15/h3-5,9H,7H2,1-2H3. The summed E-state index contributed by atoms with van der Waals surface area (Å²) in [4.78, 5) is 0. The van der Waals surface area contributed by atoms with Gasteiger partial charge in [-0.05, 0) is 37.1 Å². The van der Waals surface area contributed by atoms with Gasteiger partial charge in [-0.2, -0.15) is 18.4 Å². The van der Waals surface area contributed by atoms with Crippen LogP contribution in [0.1, 0.15) is 23.6 Å². The lowest BCUT2D eigenvalue weighted by atomic mass is 10.1. The van der Waals surface area contributed by atoms with Crippen molar-refractivity contribution >= 4 is 0 Å². The number of rotatable bonds is 3. The third-order valence-electron chi connectivity index (χ3n) is 2.42. The van der Waals surface area contributed by atoms with E-state index in [-0.39, 0.29) is 6.61 Å². The van der Waals surface area contributed by atoms with E-state index in [4.69, 9.17) is 10.00 Å². The van der Waals surface area contributed by atoms with Crippen molar-refractivity contribution in [3.8, 4) is 6.07 Å². The molecule has 92 valence electrons. The van der Waals surface area contributed by atoms with Gasteiger partial charge in [0.2, 0.25) is 0 Å². The van der Waals surface area contributed by atoms with Crippen molar-refractivity contribution in [2.45, 2.75) is 32.7 Å². The van der Waals surface area contributed by atoms with Crippen LogP contribution in [0.4, 0.5) is 13.2 Å². The lowest BCUT2D eigenvalue weighted by molar-refractivity contribution is -0.217. The molecule has 0 amide bonds. The van der Waals surface area contributed by atoms with Gasteiger partial charge in [0.05, 0.1) is 18.2 Å². The molecular formula is C12H12F3NO. The molecule has 5 heteroatoms. The third kappa shape index (κ3) is 3.75. The number of benzene rings is 1. The molecule has 0 fully saturated rings. The molecule has 0 aliphatic carbocycles. The summed E-state index contributed by atoms with van der Waals surface area (Å²) in [5, 5.41) is 8.65. The van der Waals surface area contributed by atoms with Crippen molar-refractivity contribution in [1.29, 1.82) is 5.26 Å². The number of ether oxygens (including phenoxy) is 1. The lowest BCUT2D eigenvalue weighted by Gasteiger charge is -2.17. The second-order valence-electron chi connectivity index (χ2n) is 3.75. The first kappa shape index (κ1) is 13.5. The van der Waals surface area contributed by atoms with Crippen LogP contribution in [0.3, 0.4) is 0 Å². The molecule has 1 atom stereocenters. The maximum absolute atomic E-state index is 12.2. The van der Waals surface area contributed by atoms with Gasteiger partial charge >= 0.3 is 6.18 Å². The number of hydrogen-bond acceptors (Lipinski definition) is 2. The highest BCUT2D eigenvalue weighted by Crippen LogP contribution is 2.23. The van der Waals surface area contributed by atoms with E-state index in [2.05, 4.69) is 0 Å². The minimum atomic E-state index is -4.35. The molecule has 2 nitrogen and oxygen atoms in total. The Morgan fingerprint density at radius 3 is 2.53 bits per heavy atom. The number of halogens is 3. The van der Waals surface area contributed by atoms with Gasteiger partial charge in [0.1, 0.15) is 0 Å². The molecule has 0 spiro atoms. The highest BCUT2D eigenvalue weighted by atomic mass is 19.4. The van der Waals surface area contributed by atoms with Crippen LogP contribution in [0.25, 0.3) is 0 Å². The molecule has 1 aromatic carbocycles. The predicted molar refractivity (Wildman–Crippen MR) is 56.2 cm³/mol. The minimum Gasteiger partial charge on any atom is -0.364 e. The van der Waals surface area contributed by atoms with Gasteiger partial charge in [0, 0.05) is 0 Å². The smallest absolute Gasteiger partial charge is 0.364 e. The second kappa shape index (κ2) is 5.19. The largest absolute Gasteiger partial charge is 0.414 e. The molecule has 1 aromatic rings. The zero-order valence-electron chi connectivity index (χ0n) is 9.51. The van der Waals surface area contributed by atoms with Crippen LogP contribution in [0.2, 0.25) is 0 Å². The highest BCUT2D eigenvalue weighted by molar-refractivity contribution is 5.37. The van der Waals surface area contributed by atoms with E-state index in [0.717, 1.165) is 12.5 Å². The van der Waals surface area contributed by atoms with Crippen molar-refractivity contribution in [2.24, 2.45) is 0 Å². The van der Waals surface area contributed by atoms with Gasteiger partial charge in [-0.1, -0.05) is 6.07 Å². The Kier molecular flexibility index (Phi) is 4.13. The van der Waals surface area contributed by atoms with Crippen LogP contribution >= 0.6 is 0 Å². The number of nitriles is 1. The average molecular weight is 243 g/mol. The summed E-state index contributed by atoms with van der Waals surface area (Å²) in [6.45, 7) is 2.59. The summed E-state index contributed by atoms with van der Waals surface area (Å²) >= 11 is 0. The van der Waals surface area contributed by atoms with Gasteiger partial charge in [-0.3, -0.25) is 0 Å². The zero-order chi connectivity index (χ0) is 13.1. The summed E-state index contributed by atoms with van der Waals surface area (Å²) in [6, 6.07) is 6.75. The van der Waals surface area contributed by atoms with Crippen molar-refractivity contribution < 1.29 is 17.9 Å². The van der Waals surface area contributed by atoms with Crippen molar-refractivity contribution in [3.05, 3.63) is 34.9 Å². The molecular weight excluding hydrogens is 231 g/mol. The number of hydrogen-bond donors (Lipinski definition) is 0. The van der Waals surface area contributed by atoms with Gasteiger partial charge in [0.15, 0.2) is 6.10 Å². The van der Waals surface area contributed by atoms with E-state index in [1.54, 1.807) is 25.1 Å². The van der Waals surface area contributed by atoms with E-state index in [1.165, 1.54) is 0 Å². The molecule has 0 aliphatic rings. The van der Waals surface area contributed by atoms with Crippen LogP contribution in [-0.4, -0.2) is 12.3 Å². The maximum Gasteiger partial charge on any atom is 0.414 e. The van der Waals surface area contributed by atoms with Crippen molar-refractivity contribution in [1.82, 2.24) is 0 Å². The number of alkyl halides is 3. The summed E-state index contributed by atoms with van der Waals surface area (Å²) in [6.07, 6.45) is -6.14. The molecule has 1 rings (SSSR count). The first-order chi connectivity index (χ1) is 7.84. The fraction of sp³-hybridized carbons (Fsp3) is 0.417. The Hall–Kier alpha value is -1.54. The lowest BCUT2D eigenvalue weighted by Crippen LogP contribution is -2.28. The molecule has 0 saturated carbocycles. The van der Waals surface area contributed by atoms with Crippen LogP contribution in [0.5, 0.6) is 0 Å². The fourth-order valence-electron chi connectivity index (χ4n) is 1.24. The molecule has 0 saturated heterocycles. The van der Waals surface area contributed by atoms with E-state index in [0.29, 0.717) is 11.1 Å². The Bertz CT molecular complexity index is 434. The average Bonchev–Trinajstić information content (AvgIpc) is 2.25. The number of nitrogens with zero attached hydrogens (tertiary/aromatic N) is 1. The molecule has 0 radical (unpaired) electrons. The summed E-state index contributed by atoms with van der Waals surface area (Å²) < 4.78 is 41.3. The van der Waals surface area contributed by atoms with E-state index < -0.39 is 12.3 Å². The molecule has 0 N–H and O–H groups in total. The topological polar surface area (TPSA) is 33.0 Å². The molecule has 0 aliphatic heterocycles. The van der Waals surface area contributed by atoms with Crippen LogP contribution in [0, 0.1) is 18.3 Å². The third-order valence-corrected chi connectivity index (χ3v) is 2.42. The maximum atomic E-state index is 12.2. The minimum absolute atomic E-state index is 0.113. The normalized spacial score (nSPS) is 13.2. The van der Waals surface area contributed by atoms with E-state index in [1.807, 2.05) is 6.07 Å². The predicted octanol–water partition coefficient (Wildman–Crippen LogP) is 3.33. The molecule has 1 unspecified atom stereocenters.